The van der Waals surface area contributed by atoms with Gasteiger partial charge in [-0.3, -0.25) is 0 Å². The zero-order valence-electron chi connectivity index (χ0n) is 11.0. The quantitative estimate of drug-likeness (QED) is 0.762. The maximum atomic E-state index is 9.15. The highest BCUT2D eigenvalue weighted by molar-refractivity contribution is 5.39. The van der Waals surface area contributed by atoms with Crippen molar-refractivity contribution in [2.24, 2.45) is 0 Å². The second-order valence-electron chi connectivity index (χ2n) is 4.30. The fraction of sp³-hybridized carbons (Fsp3) is 0.571. The van der Waals surface area contributed by atoms with Crippen molar-refractivity contribution in [2.45, 2.75) is 33.2 Å². The molecule has 2 N–H and O–H groups in total. The van der Waals surface area contributed by atoms with E-state index >= 15 is 0 Å². The molecule has 0 heterocycles. The molecule has 1 unspecified atom stereocenters. The van der Waals surface area contributed by atoms with Gasteiger partial charge in [-0.15, -0.1) is 0 Å². The topological polar surface area (TPSA) is 41.5 Å². The van der Waals surface area contributed by atoms with Crippen molar-refractivity contribution in [1.29, 1.82) is 0 Å². The van der Waals surface area contributed by atoms with Gasteiger partial charge in [0.2, 0.25) is 0 Å². The van der Waals surface area contributed by atoms with E-state index in [9.17, 15) is 0 Å². The van der Waals surface area contributed by atoms with Crippen molar-refractivity contribution in [3.63, 3.8) is 0 Å². The third-order valence-electron chi connectivity index (χ3n) is 2.83. The van der Waals surface area contributed by atoms with Crippen molar-refractivity contribution in [3.8, 4) is 5.75 Å². The summed E-state index contributed by atoms with van der Waals surface area (Å²) in [4.78, 5) is 0. The Kier molecular flexibility index (Phi) is 6.01. The first-order valence-electron chi connectivity index (χ1n) is 6.22. The molecule has 0 amide bonds. The van der Waals surface area contributed by atoms with Crippen LogP contribution in [0.2, 0.25) is 0 Å². The summed E-state index contributed by atoms with van der Waals surface area (Å²) in [6.07, 6.45) is 0.818. The van der Waals surface area contributed by atoms with Crippen LogP contribution in [0.4, 0.5) is 0 Å². The van der Waals surface area contributed by atoms with Crippen molar-refractivity contribution < 1.29 is 9.84 Å². The van der Waals surface area contributed by atoms with Crippen molar-refractivity contribution in [2.75, 3.05) is 19.8 Å². The molecule has 1 rings (SSSR count). The smallest absolute Gasteiger partial charge is 0.125 e. The van der Waals surface area contributed by atoms with E-state index in [0.29, 0.717) is 6.61 Å². The molecule has 0 aliphatic heterocycles. The van der Waals surface area contributed by atoms with Crippen LogP contribution in [0, 0.1) is 13.8 Å². The predicted octanol–water partition coefficient (Wildman–Crippen LogP) is 2.04. The summed E-state index contributed by atoms with van der Waals surface area (Å²) in [7, 11) is 0. The number of likely N-dealkylation sites (N-methyl/N-ethyl adjacent to an activating group) is 1. The van der Waals surface area contributed by atoms with Crippen molar-refractivity contribution in [3.05, 3.63) is 29.3 Å². The van der Waals surface area contributed by atoms with Crippen LogP contribution in [0.1, 0.15) is 24.5 Å². The van der Waals surface area contributed by atoms with Gasteiger partial charge >= 0.3 is 0 Å². The lowest BCUT2D eigenvalue weighted by Gasteiger charge is -2.17. The van der Waals surface area contributed by atoms with Gasteiger partial charge in [0.15, 0.2) is 0 Å². The molecule has 0 fully saturated rings. The summed E-state index contributed by atoms with van der Waals surface area (Å²) in [6, 6.07) is 6.27. The van der Waals surface area contributed by atoms with Gasteiger partial charge < -0.3 is 15.2 Å². The lowest BCUT2D eigenvalue weighted by Crippen LogP contribution is -2.33. The molecule has 0 aliphatic rings. The van der Waals surface area contributed by atoms with E-state index in [2.05, 4.69) is 31.3 Å². The minimum absolute atomic E-state index is 0.129. The van der Waals surface area contributed by atoms with Gasteiger partial charge in [0.1, 0.15) is 5.75 Å². The Balaban J connectivity index is 2.45. The number of nitrogens with one attached hydrogen (secondary N) is 1. The van der Waals surface area contributed by atoms with Crippen LogP contribution in [-0.2, 0) is 0 Å². The lowest BCUT2D eigenvalue weighted by atomic mass is 10.1. The average molecular weight is 237 g/mol. The van der Waals surface area contributed by atoms with E-state index in [0.717, 1.165) is 29.8 Å². The Morgan fingerprint density at radius 2 is 1.94 bits per heavy atom. The van der Waals surface area contributed by atoms with Crippen molar-refractivity contribution in [1.82, 2.24) is 5.32 Å². The zero-order chi connectivity index (χ0) is 12.7. The number of aliphatic hydroxyl groups excluding tert-OH is 1. The second kappa shape index (κ2) is 7.30. The van der Waals surface area contributed by atoms with Gasteiger partial charge in [-0.25, -0.2) is 0 Å². The van der Waals surface area contributed by atoms with Crippen LogP contribution >= 0.6 is 0 Å². The van der Waals surface area contributed by atoms with Gasteiger partial charge in [0, 0.05) is 6.04 Å². The third kappa shape index (κ3) is 4.36. The van der Waals surface area contributed by atoms with Crippen LogP contribution in [-0.4, -0.2) is 30.9 Å². The summed E-state index contributed by atoms with van der Waals surface area (Å²) < 4.78 is 5.80. The molecule has 0 saturated heterocycles. The Morgan fingerprint density at radius 3 is 2.47 bits per heavy atom. The number of benzene rings is 1. The highest BCUT2D eigenvalue weighted by Crippen LogP contribution is 2.22. The Hall–Kier alpha value is -1.06. The largest absolute Gasteiger partial charge is 0.493 e. The molecule has 17 heavy (non-hydrogen) atoms. The molecular weight excluding hydrogens is 214 g/mol. The highest BCUT2D eigenvalue weighted by Gasteiger charge is 2.07. The predicted molar refractivity (Wildman–Crippen MR) is 70.6 cm³/mol. The first-order chi connectivity index (χ1) is 8.19. The number of para-hydroxylation sites is 1. The fourth-order valence-corrected chi connectivity index (χ4v) is 1.88. The number of hydrogen-bond donors (Lipinski definition) is 2. The number of aliphatic hydroxyl groups is 1. The Morgan fingerprint density at radius 1 is 1.29 bits per heavy atom. The SMILES string of the molecule is CCNC(CO)CCOc1c(C)cccc1C. The molecular formula is C14H23NO2. The van der Waals surface area contributed by atoms with E-state index < -0.39 is 0 Å². The molecule has 3 heteroatoms. The lowest BCUT2D eigenvalue weighted by molar-refractivity contribution is 0.209. The summed E-state index contributed by atoms with van der Waals surface area (Å²) >= 11 is 0. The van der Waals surface area contributed by atoms with E-state index in [-0.39, 0.29) is 12.6 Å². The molecule has 1 aromatic rings. The molecule has 96 valence electrons. The third-order valence-corrected chi connectivity index (χ3v) is 2.83. The summed E-state index contributed by atoms with van der Waals surface area (Å²) in [5.41, 5.74) is 2.32. The summed E-state index contributed by atoms with van der Waals surface area (Å²) in [6.45, 7) is 7.80. The van der Waals surface area contributed by atoms with Gasteiger partial charge in [0.25, 0.3) is 0 Å². The van der Waals surface area contributed by atoms with E-state index in [1.807, 2.05) is 13.0 Å². The van der Waals surface area contributed by atoms with Crippen LogP contribution in [0.15, 0.2) is 18.2 Å². The van der Waals surface area contributed by atoms with E-state index in [1.54, 1.807) is 0 Å². The van der Waals surface area contributed by atoms with E-state index in [4.69, 9.17) is 9.84 Å². The Bertz CT molecular complexity index is 319. The van der Waals surface area contributed by atoms with E-state index in [1.165, 1.54) is 0 Å². The van der Waals surface area contributed by atoms with Crippen LogP contribution in [0.25, 0.3) is 0 Å². The minimum atomic E-state index is 0.129. The monoisotopic (exact) mass is 237 g/mol. The van der Waals surface area contributed by atoms with Crippen LogP contribution < -0.4 is 10.1 Å². The number of hydrogen-bond acceptors (Lipinski definition) is 3. The van der Waals surface area contributed by atoms with Gasteiger partial charge in [-0.1, -0.05) is 25.1 Å². The molecule has 0 spiro atoms. The molecule has 1 aromatic carbocycles. The first-order valence-corrected chi connectivity index (χ1v) is 6.22. The van der Waals surface area contributed by atoms with Crippen molar-refractivity contribution >= 4 is 0 Å². The molecule has 0 aliphatic carbocycles. The summed E-state index contributed by atoms with van der Waals surface area (Å²) in [5, 5.41) is 12.4. The average Bonchev–Trinajstić information content (AvgIpc) is 2.31. The maximum absolute atomic E-state index is 9.15. The number of aryl methyl sites for hydroxylation is 2. The first kappa shape index (κ1) is 14.0. The Labute approximate surface area is 104 Å². The normalized spacial score (nSPS) is 12.5. The van der Waals surface area contributed by atoms with Crippen LogP contribution in [0.5, 0.6) is 5.75 Å². The second-order valence-corrected chi connectivity index (χ2v) is 4.30. The number of ether oxygens (including phenoxy) is 1. The molecule has 1 atom stereocenters. The highest BCUT2D eigenvalue weighted by atomic mass is 16.5. The standard InChI is InChI=1S/C14H23NO2/c1-4-15-13(10-16)8-9-17-14-11(2)6-5-7-12(14)3/h5-7,13,15-16H,4,8-10H2,1-3H3. The fourth-order valence-electron chi connectivity index (χ4n) is 1.88. The van der Waals surface area contributed by atoms with Gasteiger partial charge in [-0.05, 0) is 37.9 Å². The van der Waals surface area contributed by atoms with Crippen LogP contribution in [0.3, 0.4) is 0 Å². The molecule has 0 saturated carbocycles. The van der Waals surface area contributed by atoms with Gasteiger partial charge in [-0.2, -0.15) is 0 Å². The van der Waals surface area contributed by atoms with Gasteiger partial charge in [0.05, 0.1) is 13.2 Å². The molecule has 3 nitrogen and oxygen atoms in total. The summed E-state index contributed by atoms with van der Waals surface area (Å²) in [5.74, 6) is 0.973. The maximum Gasteiger partial charge on any atom is 0.125 e. The minimum Gasteiger partial charge on any atom is -0.493 e. The molecule has 0 radical (unpaired) electrons. The zero-order valence-corrected chi connectivity index (χ0v) is 11.0. The molecule has 0 bridgehead atoms. The number of rotatable bonds is 7. The molecule has 0 aromatic heterocycles.